The smallest absolute Gasteiger partial charge is 0.119 e. The van der Waals surface area contributed by atoms with Crippen LogP contribution in [-0.2, 0) is 4.84 Å². The van der Waals surface area contributed by atoms with Crippen LogP contribution in [0.4, 0.5) is 5.69 Å². The van der Waals surface area contributed by atoms with E-state index >= 15 is 0 Å². The maximum Gasteiger partial charge on any atom is 0.119 e. The van der Waals surface area contributed by atoms with E-state index in [4.69, 9.17) is 9.94 Å². The molecule has 0 atom stereocenters. The maximum atomic E-state index is 8.57. The van der Waals surface area contributed by atoms with E-state index in [-0.39, 0.29) is 6.61 Å². The molecule has 0 heterocycles. The van der Waals surface area contributed by atoms with E-state index in [2.05, 4.69) is 10.4 Å². The van der Waals surface area contributed by atoms with Crippen molar-refractivity contribution in [3.63, 3.8) is 0 Å². The summed E-state index contributed by atoms with van der Waals surface area (Å²) in [6, 6.07) is 9.48. The first-order valence-electron chi connectivity index (χ1n) is 5.62. The topological polar surface area (TPSA) is 54.2 Å². The standard InChI is InChI=1S/C12H18N2O2/c15-10-6-1-2-7-11-16-14-13-12-8-4-3-5-9-12/h3-5,8-9,15H,1-2,6-7,10-11H2/b14-13+. The Morgan fingerprint density at radius 3 is 2.50 bits per heavy atom. The van der Waals surface area contributed by atoms with Crippen LogP contribution in [0.15, 0.2) is 40.7 Å². The van der Waals surface area contributed by atoms with E-state index < -0.39 is 0 Å². The van der Waals surface area contributed by atoms with Gasteiger partial charge in [0.1, 0.15) is 6.61 Å². The molecule has 1 aromatic carbocycles. The van der Waals surface area contributed by atoms with Gasteiger partial charge in [-0.15, -0.1) is 5.11 Å². The number of aliphatic hydroxyl groups excluding tert-OH is 1. The molecule has 0 spiro atoms. The van der Waals surface area contributed by atoms with Crippen LogP contribution in [0, 0.1) is 0 Å². The molecule has 0 aromatic heterocycles. The molecule has 0 bridgehead atoms. The minimum Gasteiger partial charge on any atom is -0.396 e. The molecule has 0 aliphatic carbocycles. The van der Waals surface area contributed by atoms with Gasteiger partial charge >= 0.3 is 0 Å². The molecule has 0 radical (unpaired) electrons. The SMILES string of the molecule is OCCCCCCO/N=N/c1ccccc1. The minimum atomic E-state index is 0.272. The minimum absolute atomic E-state index is 0.272. The lowest BCUT2D eigenvalue weighted by atomic mass is 10.2. The third-order valence-corrected chi connectivity index (χ3v) is 2.11. The average Bonchev–Trinajstić information content (AvgIpc) is 2.34. The molecule has 0 fully saturated rings. The van der Waals surface area contributed by atoms with Gasteiger partial charge in [-0.2, -0.15) is 0 Å². The Labute approximate surface area is 95.9 Å². The third kappa shape index (κ3) is 6.14. The highest BCUT2D eigenvalue weighted by Crippen LogP contribution is 2.10. The summed E-state index contributed by atoms with van der Waals surface area (Å²) in [5.41, 5.74) is 0.794. The second kappa shape index (κ2) is 8.85. The van der Waals surface area contributed by atoms with E-state index in [0.29, 0.717) is 6.61 Å². The van der Waals surface area contributed by atoms with Crippen molar-refractivity contribution in [2.75, 3.05) is 13.2 Å². The van der Waals surface area contributed by atoms with Crippen molar-refractivity contribution in [2.24, 2.45) is 10.4 Å². The largest absolute Gasteiger partial charge is 0.396 e. The quantitative estimate of drug-likeness (QED) is 0.417. The zero-order valence-corrected chi connectivity index (χ0v) is 9.38. The van der Waals surface area contributed by atoms with Gasteiger partial charge in [0.2, 0.25) is 0 Å². The summed E-state index contributed by atoms with van der Waals surface area (Å²) in [7, 11) is 0. The van der Waals surface area contributed by atoms with Gasteiger partial charge in [-0.05, 0) is 31.4 Å². The van der Waals surface area contributed by atoms with Crippen LogP contribution in [0.2, 0.25) is 0 Å². The maximum absolute atomic E-state index is 8.57. The van der Waals surface area contributed by atoms with Crippen LogP contribution in [0.1, 0.15) is 25.7 Å². The fourth-order valence-electron chi connectivity index (χ4n) is 1.24. The summed E-state index contributed by atoms with van der Waals surface area (Å²) in [5, 5.41) is 16.1. The third-order valence-electron chi connectivity index (χ3n) is 2.11. The van der Waals surface area contributed by atoms with Crippen LogP contribution in [0.3, 0.4) is 0 Å². The zero-order valence-electron chi connectivity index (χ0n) is 9.38. The summed E-state index contributed by atoms with van der Waals surface area (Å²) in [5.74, 6) is 0. The van der Waals surface area contributed by atoms with Crippen LogP contribution in [-0.4, -0.2) is 18.3 Å². The molecule has 0 aliphatic heterocycles. The normalized spacial score (nSPS) is 10.8. The van der Waals surface area contributed by atoms with Crippen molar-refractivity contribution in [1.82, 2.24) is 0 Å². The molecule has 0 saturated carbocycles. The van der Waals surface area contributed by atoms with Gasteiger partial charge in [0.15, 0.2) is 0 Å². The molecule has 16 heavy (non-hydrogen) atoms. The van der Waals surface area contributed by atoms with Crippen LogP contribution < -0.4 is 0 Å². The van der Waals surface area contributed by atoms with Gasteiger partial charge in [-0.3, -0.25) is 0 Å². The van der Waals surface area contributed by atoms with Crippen molar-refractivity contribution in [3.05, 3.63) is 30.3 Å². The first-order valence-corrected chi connectivity index (χ1v) is 5.62. The molecule has 1 N–H and O–H groups in total. The number of hydrogen-bond acceptors (Lipinski definition) is 4. The summed E-state index contributed by atoms with van der Waals surface area (Å²) < 4.78 is 0. The van der Waals surface area contributed by atoms with Crippen molar-refractivity contribution in [3.8, 4) is 0 Å². The highest BCUT2D eigenvalue weighted by atomic mass is 16.6. The number of nitrogens with zero attached hydrogens (tertiary/aromatic N) is 2. The van der Waals surface area contributed by atoms with Gasteiger partial charge in [-0.1, -0.05) is 24.6 Å². The van der Waals surface area contributed by atoms with Gasteiger partial charge < -0.3 is 9.94 Å². The lowest BCUT2D eigenvalue weighted by Crippen LogP contribution is -1.89. The Balaban J connectivity index is 2.01. The number of unbranched alkanes of at least 4 members (excludes halogenated alkanes) is 3. The molecule has 0 saturated heterocycles. The summed E-state index contributed by atoms with van der Waals surface area (Å²) in [4.78, 5) is 5.01. The number of rotatable bonds is 8. The number of aliphatic hydroxyl groups is 1. The fraction of sp³-hybridized carbons (Fsp3) is 0.500. The fourth-order valence-corrected chi connectivity index (χ4v) is 1.24. The monoisotopic (exact) mass is 222 g/mol. The molecule has 1 aromatic rings. The van der Waals surface area contributed by atoms with Crippen LogP contribution in [0.25, 0.3) is 0 Å². The van der Waals surface area contributed by atoms with E-state index in [1.54, 1.807) is 0 Å². The Hall–Kier alpha value is -1.42. The predicted molar refractivity (Wildman–Crippen MR) is 62.5 cm³/mol. The first kappa shape index (κ1) is 12.6. The van der Waals surface area contributed by atoms with Gasteiger partial charge in [0.25, 0.3) is 0 Å². The van der Waals surface area contributed by atoms with E-state index in [0.717, 1.165) is 31.4 Å². The second-order valence-corrected chi connectivity index (χ2v) is 3.49. The molecule has 4 nitrogen and oxygen atoms in total. The molecule has 88 valence electrons. The van der Waals surface area contributed by atoms with E-state index in [1.807, 2.05) is 30.3 Å². The van der Waals surface area contributed by atoms with Crippen molar-refractivity contribution in [1.29, 1.82) is 0 Å². The highest BCUT2D eigenvalue weighted by molar-refractivity contribution is 5.34. The van der Waals surface area contributed by atoms with E-state index in [9.17, 15) is 0 Å². The Bertz CT molecular complexity index is 288. The zero-order chi connectivity index (χ0) is 11.5. The molecular weight excluding hydrogens is 204 g/mol. The highest BCUT2D eigenvalue weighted by Gasteiger charge is 1.89. The summed E-state index contributed by atoms with van der Waals surface area (Å²) in [6.07, 6.45) is 3.91. The van der Waals surface area contributed by atoms with Crippen molar-refractivity contribution >= 4 is 5.69 Å². The second-order valence-electron chi connectivity index (χ2n) is 3.49. The Kier molecular flexibility index (Phi) is 7.00. The van der Waals surface area contributed by atoms with Crippen LogP contribution >= 0.6 is 0 Å². The molecular formula is C12H18N2O2. The molecule has 0 amide bonds. The number of hydrogen-bond donors (Lipinski definition) is 1. The van der Waals surface area contributed by atoms with Gasteiger partial charge in [0, 0.05) is 11.9 Å². The lowest BCUT2D eigenvalue weighted by Gasteiger charge is -1.98. The van der Waals surface area contributed by atoms with Crippen LogP contribution in [0.5, 0.6) is 0 Å². The van der Waals surface area contributed by atoms with Crippen molar-refractivity contribution < 1.29 is 9.94 Å². The van der Waals surface area contributed by atoms with E-state index in [1.165, 1.54) is 0 Å². The molecule has 0 unspecified atom stereocenters. The van der Waals surface area contributed by atoms with Crippen molar-refractivity contribution in [2.45, 2.75) is 25.7 Å². The molecule has 0 aliphatic rings. The first-order chi connectivity index (χ1) is 7.93. The predicted octanol–water partition coefficient (Wildman–Crippen LogP) is 3.25. The molecule has 4 heteroatoms. The Morgan fingerprint density at radius 2 is 1.75 bits per heavy atom. The summed E-state index contributed by atoms with van der Waals surface area (Å²) in [6.45, 7) is 0.857. The molecule has 1 rings (SSSR count). The lowest BCUT2D eigenvalue weighted by molar-refractivity contribution is 0.121. The number of benzene rings is 1. The average molecular weight is 222 g/mol. The summed E-state index contributed by atoms with van der Waals surface area (Å²) >= 11 is 0. The van der Waals surface area contributed by atoms with Gasteiger partial charge in [-0.25, -0.2) is 0 Å². The van der Waals surface area contributed by atoms with Gasteiger partial charge in [0.05, 0.1) is 5.69 Å². The Morgan fingerprint density at radius 1 is 1.00 bits per heavy atom.